The van der Waals surface area contributed by atoms with Gasteiger partial charge in [-0.2, -0.15) is 0 Å². The second-order valence-corrected chi connectivity index (χ2v) is 10.7. The predicted octanol–water partition coefficient (Wildman–Crippen LogP) is 5.91. The lowest BCUT2D eigenvalue weighted by Crippen LogP contribution is -2.39. The Morgan fingerprint density at radius 1 is 1.00 bits per heavy atom. The minimum absolute atomic E-state index is 0.102. The van der Waals surface area contributed by atoms with Crippen LogP contribution in [0.4, 0.5) is 16.5 Å². The number of carbonyl (C=O) groups is 2. The summed E-state index contributed by atoms with van der Waals surface area (Å²) in [5, 5.41) is 11.2. The fraction of sp³-hybridized carbons (Fsp3) is 0.448. The van der Waals surface area contributed by atoms with Gasteiger partial charge in [-0.05, 0) is 103 Å². The maximum absolute atomic E-state index is 13.0. The minimum Gasteiger partial charge on any atom is -0.443 e. The first-order chi connectivity index (χ1) is 18.2. The van der Waals surface area contributed by atoms with Crippen molar-refractivity contribution in [3.05, 3.63) is 59.7 Å². The number of likely N-dealkylation sites (tertiary alicyclic amines) is 1. The number of anilines is 2. The lowest BCUT2D eigenvalue weighted by Gasteiger charge is -2.28. The molecule has 2 heterocycles. The van der Waals surface area contributed by atoms with Crippen molar-refractivity contribution in [2.75, 3.05) is 36.4 Å². The second-order valence-electron chi connectivity index (χ2n) is 10.7. The number of aryl methyl sites for hydroxylation is 1. The molecule has 1 N–H and O–H groups in total. The van der Waals surface area contributed by atoms with Crippen LogP contribution in [0, 0.1) is 6.92 Å². The van der Waals surface area contributed by atoms with Crippen molar-refractivity contribution in [3.8, 4) is 11.5 Å². The van der Waals surface area contributed by atoms with Crippen LogP contribution in [-0.2, 0) is 4.74 Å². The number of carbonyl (C=O) groups excluding carboxylic acids is 2. The molecule has 2 aromatic carbocycles. The summed E-state index contributed by atoms with van der Waals surface area (Å²) >= 11 is 0. The van der Waals surface area contributed by atoms with Gasteiger partial charge in [0.25, 0.3) is 5.91 Å². The molecule has 202 valence electrons. The molecule has 0 unspecified atom stereocenters. The monoisotopic (exact) mass is 519 g/mol. The van der Waals surface area contributed by atoms with Crippen LogP contribution in [0.2, 0.25) is 0 Å². The molecule has 0 aliphatic carbocycles. The fourth-order valence-electron chi connectivity index (χ4n) is 4.26. The van der Waals surface area contributed by atoms with Crippen molar-refractivity contribution in [2.24, 2.45) is 0 Å². The van der Waals surface area contributed by atoms with Gasteiger partial charge in [-0.25, -0.2) is 9.69 Å². The molecule has 0 bridgehead atoms. The summed E-state index contributed by atoms with van der Waals surface area (Å²) in [5.74, 6) is 0.0939. The number of ether oxygens (including phenoxy) is 1. The smallest absolute Gasteiger partial charge is 0.418 e. The Morgan fingerprint density at radius 3 is 2.34 bits per heavy atom. The highest BCUT2D eigenvalue weighted by molar-refractivity contribution is 6.04. The van der Waals surface area contributed by atoms with Crippen molar-refractivity contribution in [1.82, 2.24) is 15.1 Å². The van der Waals surface area contributed by atoms with Gasteiger partial charge in [0.05, 0.1) is 0 Å². The van der Waals surface area contributed by atoms with Gasteiger partial charge in [0.15, 0.2) is 0 Å². The van der Waals surface area contributed by atoms with Crippen LogP contribution in [-0.4, -0.2) is 58.9 Å². The SMILES string of the molecule is Cc1ccc(C(=O)Nc2ccc(-c3nnc(N(CCCN4CCCCC4)C(=O)OC(C)(C)C)o3)cc2)cc1. The van der Waals surface area contributed by atoms with Gasteiger partial charge in [-0.15, -0.1) is 5.10 Å². The molecule has 2 amide bonds. The highest BCUT2D eigenvalue weighted by Crippen LogP contribution is 2.25. The molecule has 1 fully saturated rings. The maximum Gasteiger partial charge on any atom is 0.418 e. The van der Waals surface area contributed by atoms with Crippen LogP contribution < -0.4 is 10.2 Å². The Labute approximate surface area is 224 Å². The van der Waals surface area contributed by atoms with E-state index in [0.717, 1.165) is 31.6 Å². The molecule has 9 nitrogen and oxygen atoms in total. The molecule has 1 aliphatic heterocycles. The minimum atomic E-state index is -0.649. The number of amides is 2. The molecule has 1 saturated heterocycles. The highest BCUT2D eigenvalue weighted by Gasteiger charge is 2.27. The third-order valence-corrected chi connectivity index (χ3v) is 6.27. The van der Waals surface area contributed by atoms with E-state index >= 15 is 0 Å². The lowest BCUT2D eigenvalue weighted by atomic mass is 10.1. The van der Waals surface area contributed by atoms with Crippen molar-refractivity contribution in [2.45, 2.75) is 59.0 Å². The first kappa shape index (κ1) is 27.3. The summed E-state index contributed by atoms with van der Waals surface area (Å²) in [6.07, 6.45) is 3.98. The normalized spacial score (nSPS) is 14.2. The maximum atomic E-state index is 13.0. The molecule has 0 atom stereocenters. The number of aromatic nitrogens is 2. The van der Waals surface area contributed by atoms with Crippen LogP contribution in [0.5, 0.6) is 0 Å². The summed E-state index contributed by atoms with van der Waals surface area (Å²) in [4.78, 5) is 29.3. The van der Waals surface area contributed by atoms with Crippen LogP contribution in [0.15, 0.2) is 52.9 Å². The molecular weight excluding hydrogens is 482 g/mol. The first-order valence-electron chi connectivity index (χ1n) is 13.2. The summed E-state index contributed by atoms with van der Waals surface area (Å²) in [6, 6.07) is 14.6. The number of piperidine rings is 1. The zero-order valence-corrected chi connectivity index (χ0v) is 22.7. The topological polar surface area (TPSA) is 101 Å². The summed E-state index contributed by atoms with van der Waals surface area (Å²) in [7, 11) is 0. The number of rotatable bonds is 8. The lowest BCUT2D eigenvalue weighted by molar-refractivity contribution is 0.0571. The van der Waals surface area contributed by atoms with Crippen molar-refractivity contribution in [3.63, 3.8) is 0 Å². The quantitative estimate of drug-likeness (QED) is 0.394. The van der Waals surface area contributed by atoms with E-state index in [0.29, 0.717) is 23.4 Å². The van der Waals surface area contributed by atoms with Crippen molar-refractivity contribution < 1.29 is 18.7 Å². The Kier molecular flexibility index (Phi) is 8.78. The summed E-state index contributed by atoms with van der Waals surface area (Å²) in [6.45, 7) is 11.0. The van der Waals surface area contributed by atoms with Crippen molar-refractivity contribution in [1.29, 1.82) is 0 Å². The van der Waals surface area contributed by atoms with Gasteiger partial charge in [0.1, 0.15) is 5.60 Å². The van der Waals surface area contributed by atoms with Gasteiger partial charge >= 0.3 is 12.1 Å². The Morgan fingerprint density at radius 2 is 1.68 bits per heavy atom. The molecule has 1 aromatic heterocycles. The van der Waals surface area contributed by atoms with Crippen LogP contribution in [0.25, 0.3) is 11.5 Å². The molecule has 0 radical (unpaired) electrons. The Bertz CT molecular complexity index is 1210. The third kappa shape index (κ3) is 7.64. The van der Waals surface area contributed by atoms with E-state index in [9.17, 15) is 9.59 Å². The van der Waals surface area contributed by atoms with Crippen LogP contribution in [0.3, 0.4) is 0 Å². The van der Waals surface area contributed by atoms with E-state index in [1.165, 1.54) is 24.2 Å². The zero-order valence-electron chi connectivity index (χ0n) is 22.7. The van der Waals surface area contributed by atoms with Gasteiger partial charge in [0.2, 0.25) is 5.89 Å². The molecule has 0 saturated carbocycles. The van der Waals surface area contributed by atoms with E-state index in [2.05, 4.69) is 20.4 Å². The van der Waals surface area contributed by atoms with Gasteiger partial charge < -0.3 is 19.4 Å². The van der Waals surface area contributed by atoms with Crippen molar-refractivity contribution >= 4 is 23.7 Å². The summed E-state index contributed by atoms with van der Waals surface area (Å²) < 4.78 is 11.5. The average molecular weight is 520 g/mol. The predicted molar refractivity (Wildman–Crippen MR) is 147 cm³/mol. The molecule has 4 rings (SSSR count). The highest BCUT2D eigenvalue weighted by atomic mass is 16.6. The third-order valence-electron chi connectivity index (χ3n) is 6.27. The van der Waals surface area contributed by atoms with Crippen LogP contribution >= 0.6 is 0 Å². The second kappa shape index (κ2) is 12.2. The number of hydrogen-bond donors (Lipinski definition) is 1. The summed E-state index contributed by atoms with van der Waals surface area (Å²) in [5.41, 5.74) is 2.35. The largest absolute Gasteiger partial charge is 0.443 e. The molecular formula is C29H37N5O4. The molecule has 38 heavy (non-hydrogen) atoms. The number of benzene rings is 2. The van der Waals surface area contributed by atoms with Gasteiger partial charge in [-0.1, -0.05) is 29.2 Å². The van der Waals surface area contributed by atoms with E-state index in [4.69, 9.17) is 9.15 Å². The Hall–Kier alpha value is -3.72. The van der Waals surface area contributed by atoms with Gasteiger partial charge in [-0.3, -0.25) is 4.79 Å². The number of nitrogens with one attached hydrogen (secondary N) is 1. The molecule has 3 aromatic rings. The fourth-order valence-corrected chi connectivity index (χ4v) is 4.26. The first-order valence-corrected chi connectivity index (χ1v) is 13.2. The van der Waals surface area contributed by atoms with E-state index in [1.54, 1.807) is 36.4 Å². The molecule has 0 spiro atoms. The van der Waals surface area contributed by atoms with E-state index < -0.39 is 11.7 Å². The van der Waals surface area contributed by atoms with Crippen LogP contribution in [0.1, 0.15) is 62.4 Å². The molecule has 9 heteroatoms. The molecule has 1 aliphatic rings. The Balaban J connectivity index is 1.43. The zero-order chi connectivity index (χ0) is 27.1. The number of hydrogen-bond acceptors (Lipinski definition) is 7. The van der Waals surface area contributed by atoms with E-state index in [1.807, 2.05) is 39.8 Å². The standard InChI is InChI=1S/C29H37N5O4/c1-21-9-11-22(12-10-21)25(35)30-24-15-13-23(14-16-24)26-31-32-27(37-26)34(28(36)38-29(2,3)4)20-8-19-33-17-6-5-7-18-33/h9-16H,5-8,17-20H2,1-4H3,(H,30,35). The van der Waals surface area contributed by atoms with E-state index in [-0.39, 0.29) is 17.8 Å². The van der Waals surface area contributed by atoms with Gasteiger partial charge in [0, 0.05) is 23.4 Å². The average Bonchev–Trinajstić information content (AvgIpc) is 3.37. The number of nitrogens with zero attached hydrogens (tertiary/aromatic N) is 4.